The van der Waals surface area contributed by atoms with Crippen LogP contribution in [-0.4, -0.2) is 51.0 Å². The maximum absolute atomic E-state index is 12.1. The van der Waals surface area contributed by atoms with Gasteiger partial charge in [-0.2, -0.15) is 0 Å². The molecule has 1 aliphatic rings. The van der Waals surface area contributed by atoms with Gasteiger partial charge in [0, 0.05) is 12.6 Å². The van der Waals surface area contributed by atoms with E-state index < -0.39 is 0 Å². The number of amides is 4. The van der Waals surface area contributed by atoms with Gasteiger partial charge in [0.05, 0.1) is 25.6 Å². The summed E-state index contributed by atoms with van der Waals surface area (Å²) in [6, 6.07) is -0.382. The quantitative estimate of drug-likeness (QED) is 0.309. The first-order valence-electron chi connectivity index (χ1n) is 9.71. The SMILES string of the molecule is C.C=COCCNC(=O)NCC1(C)CC(NC(=O)NCCOC=C)CC(C)(C)C1. The van der Waals surface area contributed by atoms with Crippen molar-refractivity contribution in [1.29, 1.82) is 0 Å². The van der Waals surface area contributed by atoms with Gasteiger partial charge in [-0.3, -0.25) is 0 Å². The van der Waals surface area contributed by atoms with E-state index in [1.54, 1.807) is 0 Å². The van der Waals surface area contributed by atoms with Gasteiger partial charge in [0.15, 0.2) is 0 Å². The molecule has 0 aromatic heterocycles. The van der Waals surface area contributed by atoms with E-state index in [4.69, 9.17) is 9.47 Å². The van der Waals surface area contributed by atoms with Crippen LogP contribution in [-0.2, 0) is 9.47 Å². The zero-order valence-electron chi connectivity index (χ0n) is 17.4. The molecular formula is C21H40N4O4. The van der Waals surface area contributed by atoms with Crippen molar-refractivity contribution in [3.05, 3.63) is 25.7 Å². The number of ether oxygens (including phenoxy) is 2. The second-order valence-corrected chi connectivity index (χ2v) is 8.34. The third-order valence-corrected chi connectivity index (χ3v) is 4.70. The number of carbonyl (C=O) groups excluding carboxylic acids is 2. The molecule has 1 fully saturated rings. The number of hydrogen-bond donors (Lipinski definition) is 4. The molecule has 0 saturated heterocycles. The Balaban J connectivity index is 0.00000784. The molecule has 1 saturated carbocycles. The van der Waals surface area contributed by atoms with E-state index >= 15 is 0 Å². The van der Waals surface area contributed by atoms with Crippen molar-refractivity contribution < 1.29 is 19.1 Å². The van der Waals surface area contributed by atoms with E-state index in [1.807, 2.05) is 0 Å². The molecule has 2 atom stereocenters. The molecule has 8 heteroatoms. The van der Waals surface area contributed by atoms with E-state index in [0.29, 0.717) is 32.8 Å². The minimum atomic E-state index is -0.221. The largest absolute Gasteiger partial charge is 0.500 e. The zero-order chi connectivity index (χ0) is 21.0. The van der Waals surface area contributed by atoms with Crippen LogP contribution >= 0.6 is 0 Å². The average molecular weight is 413 g/mol. The molecule has 0 aromatic rings. The molecule has 4 N–H and O–H groups in total. The molecule has 1 rings (SSSR count). The summed E-state index contributed by atoms with van der Waals surface area (Å²) in [4.78, 5) is 24.1. The number of hydrogen-bond acceptors (Lipinski definition) is 4. The minimum absolute atomic E-state index is 0. The molecule has 2 unspecified atom stereocenters. The number of carbonyl (C=O) groups is 2. The Labute approximate surface area is 175 Å². The molecule has 29 heavy (non-hydrogen) atoms. The summed E-state index contributed by atoms with van der Waals surface area (Å²) < 4.78 is 9.98. The van der Waals surface area contributed by atoms with E-state index in [1.165, 1.54) is 12.5 Å². The highest BCUT2D eigenvalue weighted by Gasteiger charge is 2.41. The van der Waals surface area contributed by atoms with Gasteiger partial charge in [-0.05, 0) is 30.1 Å². The number of nitrogens with one attached hydrogen (secondary N) is 4. The third kappa shape index (κ3) is 11.3. The second kappa shape index (κ2) is 13.0. The fourth-order valence-electron chi connectivity index (χ4n) is 4.08. The summed E-state index contributed by atoms with van der Waals surface area (Å²) in [7, 11) is 0. The van der Waals surface area contributed by atoms with E-state index in [2.05, 4.69) is 55.2 Å². The Hall–Kier alpha value is -2.38. The highest BCUT2D eigenvalue weighted by molar-refractivity contribution is 5.74. The van der Waals surface area contributed by atoms with Gasteiger partial charge < -0.3 is 30.7 Å². The molecule has 0 bridgehead atoms. The van der Waals surface area contributed by atoms with Gasteiger partial charge in [-0.25, -0.2) is 9.59 Å². The minimum Gasteiger partial charge on any atom is -0.500 e. The van der Waals surface area contributed by atoms with Gasteiger partial charge in [-0.15, -0.1) is 0 Å². The lowest BCUT2D eigenvalue weighted by molar-refractivity contribution is 0.0748. The molecular weight excluding hydrogens is 372 g/mol. The molecule has 4 amide bonds. The van der Waals surface area contributed by atoms with Gasteiger partial charge >= 0.3 is 12.1 Å². The highest BCUT2D eigenvalue weighted by Crippen LogP contribution is 2.45. The average Bonchev–Trinajstić information content (AvgIpc) is 2.59. The molecule has 0 radical (unpaired) electrons. The smallest absolute Gasteiger partial charge is 0.315 e. The first-order chi connectivity index (χ1) is 13.2. The maximum atomic E-state index is 12.1. The van der Waals surface area contributed by atoms with Crippen LogP contribution in [0.2, 0.25) is 0 Å². The summed E-state index contributed by atoms with van der Waals surface area (Å²) in [5.41, 5.74) is -0.0482. The summed E-state index contributed by atoms with van der Waals surface area (Å²) >= 11 is 0. The second-order valence-electron chi connectivity index (χ2n) is 8.34. The van der Waals surface area contributed by atoms with Crippen molar-refractivity contribution in [3.8, 4) is 0 Å². The van der Waals surface area contributed by atoms with Crippen LogP contribution in [0.3, 0.4) is 0 Å². The molecule has 0 heterocycles. The number of urea groups is 2. The van der Waals surface area contributed by atoms with Crippen LogP contribution in [0.4, 0.5) is 9.59 Å². The standard InChI is InChI=1S/C20H36N4O4.CH4/c1-6-27-10-8-21-17(25)23-15-20(5)13-16(12-19(3,4)14-20)24-18(26)22-9-11-28-7-2;/h6-7,16H,1-2,8-15H2,3-5H3,(H2,21,23,25)(H2,22,24,26);1H4. The summed E-state index contributed by atoms with van der Waals surface area (Å²) in [5.74, 6) is 0. The van der Waals surface area contributed by atoms with Gasteiger partial charge in [0.2, 0.25) is 0 Å². The lowest BCUT2D eigenvalue weighted by Gasteiger charge is -2.46. The van der Waals surface area contributed by atoms with Crippen LogP contribution in [0, 0.1) is 10.8 Å². The number of rotatable bonds is 11. The monoisotopic (exact) mass is 412 g/mol. The molecule has 1 aliphatic carbocycles. The predicted molar refractivity (Wildman–Crippen MR) is 116 cm³/mol. The topological polar surface area (TPSA) is 101 Å². The zero-order valence-corrected chi connectivity index (χ0v) is 17.4. The third-order valence-electron chi connectivity index (χ3n) is 4.70. The first-order valence-corrected chi connectivity index (χ1v) is 9.71. The first kappa shape index (κ1) is 26.6. The van der Waals surface area contributed by atoms with Gasteiger partial charge in [0.25, 0.3) is 0 Å². The van der Waals surface area contributed by atoms with Crippen LogP contribution < -0.4 is 21.3 Å². The molecule has 0 aliphatic heterocycles. The van der Waals surface area contributed by atoms with Crippen molar-refractivity contribution in [1.82, 2.24) is 21.3 Å². The fraction of sp³-hybridized carbons (Fsp3) is 0.714. The van der Waals surface area contributed by atoms with Crippen LogP contribution in [0.5, 0.6) is 0 Å². The fourth-order valence-corrected chi connectivity index (χ4v) is 4.08. The maximum Gasteiger partial charge on any atom is 0.315 e. The van der Waals surface area contributed by atoms with Crippen LogP contribution in [0.25, 0.3) is 0 Å². The summed E-state index contributed by atoms with van der Waals surface area (Å²) in [6.45, 7) is 15.6. The Bertz CT molecular complexity index is 539. The summed E-state index contributed by atoms with van der Waals surface area (Å²) in [6.07, 6.45) is 5.36. The van der Waals surface area contributed by atoms with Crippen molar-refractivity contribution in [2.45, 2.75) is 53.5 Å². The predicted octanol–water partition coefficient (Wildman–Crippen LogP) is 3.13. The lowest BCUT2D eigenvalue weighted by Crippen LogP contribution is -2.53. The Kier molecular flexibility index (Phi) is 11.9. The van der Waals surface area contributed by atoms with Crippen molar-refractivity contribution in [3.63, 3.8) is 0 Å². The van der Waals surface area contributed by atoms with Gasteiger partial charge in [-0.1, -0.05) is 41.4 Å². The van der Waals surface area contributed by atoms with E-state index in [9.17, 15) is 9.59 Å². The van der Waals surface area contributed by atoms with Crippen molar-refractivity contribution >= 4 is 12.1 Å². The van der Waals surface area contributed by atoms with E-state index in [0.717, 1.165) is 19.3 Å². The Morgan fingerprint density at radius 1 is 0.966 bits per heavy atom. The molecule has 8 nitrogen and oxygen atoms in total. The Morgan fingerprint density at radius 2 is 1.52 bits per heavy atom. The van der Waals surface area contributed by atoms with Crippen LogP contribution in [0.1, 0.15) is 47.5 Å². The molecule has 0 spiro atoms. The van der Waals surface area contributed by atoms with Crippen molar-refractivity contribution in [2.24, 2.45) is 10.8 Å². The summed E-state index contributed by atoms with van der Waals surface area (Å²) in [5, 5.41) is 11.5. The van der Waals surface area contributed by atoms with E-state index in [-0.39, 0.29) is 36.4 Å². The van der Waals surface area contributed by atoms with Crippen molar-refractivity contribution in [2.75, 3.05) is 32.8 Å². The lowest BCUT2D eigenvalue weighted by atomic mass is 9.62. The Morgan fingerprint density at radius 3 is 2.07 bits per heavy atom. The highest BCUT2D eigenvalue weighted by atomic mass is 16.5. The van der Waals surface area contributed by atoms with Gasteiger partial charge in [0.1, 0.15) is 13.2 Å². The normalized spacial score (nSPS) is 22.2. The van der Waals surface area contributed by atoms with Crippen LogP contribution in [0.15, 0.2) is 25.7 Å². The molecule has 168 valence electrons. The molecule has 0 aromatic carbocycles.